The van der Waals surface area contributed by atoms with Crippen molar-refractivity contribution in [1.29, 1.82) is 0 Å². The second-order valence-corrected chi connectivity index (χ2v) is 7.97. The van der Waals surface area contributed by atoms with Crippen molar-refractivity contribution < 1.29 is 4.74 Å². The molecule has 1 N–H and O–H groups in total. The zero-order valence-electron chi connectivity index (χ0n) is 17.1. The number of ether oxygens (including phenoxy) is 1. The number of methoxy groups -OCH3 is 1. The fraction of sp³-hybridized carbons (Fsp3) is 0.217. The Morgan fingerprint density at radius 1 is 1.07 bits per heavy atom. The number of hydrogen-bond donors (Lipinski definition) is 1. The van der Waals surface area contributed by atoms with E-state index in [2.05, 4.69) is 71.2 Å². The second-order valence-electron chi connectivity index (χ2n) is 7.00. The van der Waals surface area contributed by atoms with Gasteiger partial charge >= 0.3 is 0 Å². The van der Waals surface area contributed by atoms with Crippen LogP contribution in [-0.2, 0) is 0 Å². The van der Waals surface area contributed by atoms with Crippen LogP contribution in [0.1, 0.15) is 22.5 Å². The molecule has 0 spiro atoms. The molecule has 29 heavy (non-hydrogen) atoms. The Kier molecular flexibility index (Phi) is 5.45. The van der Waals surface area contributed by atoms with Crippen molar-refractivity contribution >= 4 is 28.3 Å². The third-order valence-electron chi connectivity index (χ3n) is 4.97. The van der Waals surface area contributed by atoms with Crippen LogP contribution in [0, 0.1) is 20.8 Å². The van der Waals surface area contributed by atoms with Crippen LogP contribution in [0.15, 0.2) is 64.7 Å². The number of hydrogen-bond acceptors (Lipinski definition) is 4. The molecule has 0 saturated carbocycles. The predicted octanol–water partition coefficient (Wildman–Crippen LogP) is 5.14. The summed E-state index contributed by atoms with van der Waals surface area (Å²) >= 11 is 1.65. The van der Waals surface area contributed by atoms with E-state index in [1.165, 1.54) is 28.2 Å². The summed E-state index contributed by atoms with van der Waals surface area (Å²) in [6.07, 6.45) is 0. The molecule has 1 aliphatic heterocycles. The molecule has 3 aromatic rings. The van der Waals surface area contributed by atoms with E-state index in [0.29, 0.717) is 0 Å². The normalized spacial score (nSPS) is 15.2. The monoisotopic (exact) mass is 404 g/mol. The van der Waals surface area contributed by atoms with Gasteiger partial charge in [0, 0.05) is 28.4 Å². The van der Waals surface area contributed by atoms with Crippen LogP contribution in [0.5, 0.6) is 5.75 Å². The maximum atomic E-state index is 5.38. The van der Waals surface area contributed by atoms with E-state index < -0.39 is 0 Å². The highest BCUT2D eigenvalue weighted by atomic mass is 32.2. The van der Waals surface area contributed by atoms with Crippen LogP contribution in [0.25, 0.3) is 5.69 Å². The van der Waals surface area contributed by atoms with E-state index >= 15 is 0 Å². The van der Waals surface area contributed by atoms with Crippen molar-refractivity contribution in [2.24, 2.45) is 10.1 Å². The molecule has 4 rings (SSSR count). The van der Waals surface area contributed by atoms with Crippen molar-refractivity contribution in [1.82, 2.24) is 9.99 Å². The van der Waals surface area contributed by atoms with Crippen LogP contribution in [0.3, 0.4) is 0 Å². The van der Waals surface area contributed by atoms with Gasteiger partial charge in [-0.3, -0.25) is 5.43 Å². The van der Waals surface area contributed by atoms with E-state index in [-0.39, 0.29) is 0 Å². The van der Waals surface area contributed by atoms with Crippen molar-refractivity contribution in [3.05, 3.63) is 77.1 Å². The van der Waals surface area contributed by atoms with Gasteiger partial charge < -0.3 is 9.30 Å². The van der Waals surface area contributed by atoms with Gasteiger partial charge in [-0.05, 0) is 51.1 Å². The first-order valence-electron chi connectivity index (χ1n) is 9.50. The molecule has 0 aliphatic carbocycles. The standard InChI is InChI=1S/C23H24N4OS/c1-15-9-11-18(12-10-15)27-16(2)13-19(17(27)3)21-14-29-23(26-25-21)24-20-7-5-6-8-22(20)28-4/h5-13H,14H2,1-4H3,(H,24,26). The lowest BCUT2D eigenvalue weighted by Crippen LogP contribution is -2.25. The molecule has 2 aromatic carbocycles. The Morgan fingerprint density at radius 2 is 1.83 bits per heavy atom. The summed E-state index contributed by atoms with van der Waals surface area (Å²) in [7, 11) is 1.65. The van der Waals surface area contributed by atoms with E-state index in [1.807, 2.05) is 24.3 Å². The fourth-order valence-corrected chi connectivity index (χ4v) is 4.26. The molecule has 0 radical (unpaired) electrons. The molecule has 0 fully saturated rings. The van der Waals surface area contributed by atoms with Gasteiger partial charge in [0.1, 0.15) is 11.4 Å². The number of para-hydroxylation sites is 2. The maximum Gasteiger partial charge on any atom is 0.182 e. The molecular formula is C23H24N4OS. The van der Waals surface area contributed by atoms with Crippen molar-refractivity contribution in [3.8, 4) is 11.4 Å². The summed E-state index contributed by atoms with van der Waals surface area (Å²) in [5, 5.41) is 5.39. The molecule has 0 atom stereocenters. The number of aliphatic imine (C=N–C) groups is 1. The topological polar surface area (TPSA) is 50.9 Å². The highest BCUT2D eigenvalue weighted by Crippen LogP contribution is 2.29. The molecule has 6 heteroatoms. The molecule has 0 amide bonds. The van der Waals surface area contributed by atoms with E-state index in [4.69, 9.17) is 4.74 Å². The highest BCUT2D eigenvalue weighted by Gasteiger charge is 2.19. The summed E-state index contributed by atoms with van der Waals surface area (Å²) in [6, 6.07) is 18.5. The van der Waals surface area contributed by atoms with Crippen LogP contribution >= 0.6 is 11.8 Å². The molecular weight excluding hydrogens is 380 g/mol. The number of benzene rings is 2. The Labute approximate surface area is 175 Å². The lowest BCUT2D eigenvalue weighted by molar-refractivity contribution is 0.416. The van der Waals surface area contributed by atoms with Gasteiger partial charge in [0.25, 0.3) is 0 Å². The van der Waals surface area contributed by atoms with Crippen LogP contribution in [0.4, 0.5) is 5.69 Å². The number of amidine groups is 1. The molecule has 2 heterocycles. The van der Waals surface area contributed by atoms with Gasteiger partial charge in [-0.25, -0.2) is 4.99 Å². The Hall–Kier alpha value is -2.99. The van der Waals surface area contributed by atoms with Crippen molar-refractivity contribution in [3.63, 3.8) is 0 Å². The molecule has 0 unspecified atom stereocenters. The first-order chi connectivity index (χ1) is 14.1. The number of nitrogens with zero attached hydrogens (tertiary/aromatic N) is 3. The largest absolute Gasteiger partial charge is 0.494 e. The van der Waals surface area contributed by atoms with Crippen molar-refractivity contribution in [2.45, 2.75) is 20.8 Å². The van der Waals surface area contributed by atoms with Crippen LogP contribution in [0.2, 0.25) is 0 Å². The summed E-state index contributed by atoms with van der Waals surface area (Å²) in [4.78, 5) is 4.65. The first kappa shape index (κ1) is 19.3. The quantitative estimate of drug-likeness (QED) is 0.655. The first-order valence-corrected chi connectivity index (χ1v) is 10.5. The molecule has 0 bridgehead atoms. The molecule has 0 saturated heterocycles. The summed E-state index contributed by atoms with van der Waals surface area (Å²) in [6.45, 7) is 6.39. The fourth-order valence-electron chi connectivity index (χ4n) is 3.49. The van der Waals surface area contributed by atoms with Gasteiger partial charge in [0.05, 0.1) is 12.8 Å². The number of aromatic nitrogens is 1. The molecule has 148 valence electrons. The SMILES string of the molecule is COc1ccccc1N=C1NN=C(c2cc(C)n(-c3ccc(C)cc3)c2C)CS1. The van der Waals surface area contributed by atoms with Crippen LogP contribution in [-0.4, -0.2) is 28.3 Å². The number of aryl methyl sites for hydroxylation is 2. The number of hydrazone groups is 1. The number of nitrogens with one attached hydrogen (secondary N) is 1. The average Bonchev–Trinajstić information content (AvgIpc) is 3.04. The third kappa shape index (κ3) is 3.93. The summed E-state index contributed by atoms with van der Waals surface area (Å²) in [5.74, 6) is 1.51. The van der Waals surface area contributed by atoms with E-state index in [9.17, 15) is 0 Å². The summed E-state index contributed by atoms with van der Waals surface area (Å²) < 4.78 is 7.65. The summed E-state index contributed by atoms with van der Waals surface area (Å²) in [5.41, 5.74) is 10.9. The molecule has 5 nitrogen and oxygen atoms in total. The Bertz CT molecular complexity index is 1100. The van der Waals surface area contributed by atoms with Crippen molar-refractivity contribution in [2.75, 3.05) is 12.9 Å². The number of rotatable bonds is 4. The van der Waals surface area contributed by atoms with E-state index in [1.54, 1.807) is 18.9 Å². The Balaban J connectivity index is 1.60. The molecule has 1 aromatic heterocycles. The molecule has 1 aliphatic rings. The predicted molar refractivity (Wildman–Crippen MR) is 122 cm³/mol. The smallest absolute Gasteiger partial charge is 0.182 e. The zero-order valence-corrected chi connectivity index (χ0v) is 17.9. The van der Waals surface area contributed by atoms with Crippen LogP contribution < -0.4 is 10.2 Å². The maximum absolute atomic E-state index is 5.38. The minimum absolute atomic E-state index is 0.749. The number of thioether (sulfide) groups is 1. The Morgan fingerprint density at radius 3 is 2.52 bits per heavy atom. The lowest BCUT2D eigenvalue weighted by Gasteiger charge is -2.16. The van der Waals surface area contributed by atoms with Gasteiger partial charge in [-0.2, -0.15) is 5.10 Å². The lowest BCUT2D eigenvalue weighted by atomic mass is 10.1. The highest BCUT2D eigenvalue weighted by molar-refractivity contribution is 8.14. The minimum Gasteiger partial charge on any atom is -0.494 e. The van der Waals surface area contributed by atoms with E-state index in [0.717, 1.165) is 28.1 Å². The third-order valence-corrected chi connectivity index (χ3v) is 5.85. The second kappa shape index (κ2) is 8.17. The minimum atomic E-state index is 0.749. The van der Waals surface area contributed by atoms with Gasteiger partial charge in [0.2, 0.25) is 0 Å². The van der Waals surface area contributed by atoms with Gasteiger partial charge in [0.15, 0.2) is 5.17 Å². The van der Waals surface area contributed by atoms with Gasteiger partial charge in [-0.1, -0.05) is 41.6 Å². The average molecular weight is 405 g/mol. The van der Waals surface area contributed by atoms with Gasteiger partial charge in [-0.15, -0.1) is 0 Å². The zero-order chi connectivity index (χ0) is 20.4.